The summed E-state index contributed by atoms with van der Waals surface area (Å²) in [5.41, 5.74) is 5.21. The number of aromatic nitrogens is 2. The minimum absolute atomic E-state index is 0.265. The molecule has 0 radical (unpaired) electrons. The molecule has 2 nitrogen and oxygen atoms in total. The number of nitrogens with one attached hydrogen (secondary N) is 1. The third-order valence-electron chi connectivity index (χ3n) is 3.28. The minimum atomic E-state index is -0.265. The number of fused-ring (bicyclic) bond motifs is 1. The molecule has 0 fully saturated rings. The SMILES string of the molecule is Cc1cc2nc(-c3ccc(F)cc3Br)[nH]c2cc1C. The van der Waals surface area contributed by atoms with Crippen LogP contribution in [0.25, 0.3) is 22.4 Å². The van der Waals surface area contributed by atoms with E-state index in [1.54, 1.807) is 6.07 Å². The highest BCUT2D eigenvalue weighted by atomic mass is 79.9. The molecule has 0 aliphatic rings. The molecule has 0 amide bonds. The summed E-state index contributed by atoms with van der Waals surface area (Å²) in [6, 6.07) is 8.74. The second-order valence-corrected chi connectivity index (χ2v) is 5.52. The van der Waals surface area contributed by atoms with Crippen molar-refractivity contribution in [2.75, 3.05) is 0 Å². The molecule has 3 aromatic rings. The van der Waals surface area contributed by atoms with E-state index in [4.69, 9.17) is 0 Å². The first-order valence-electron chi connectivity index (χ1n) is 5.97. The zero-order chi connectivity index (χ0) is 13.6. The number of imidazole rings is 1. The van der Waals surface area contributed by atoms with Crippen molar-refractivity contribution < 1.29 is 4.39 Å². The summed E-state index contributed by atoms with van der Waals surface area (Å²) < 4.78 is 13.8. The van der Waals surface area contributed by atoms with Crippen molar-refractivity contribution >= 4 is 27.0 Å². The summed E-state index contributed by atoms with van der Waals surface area (Å²) in [7, 11) is 0. The zero-order valence-electron chi connectivity index (χ0n) is 10.6. The molecule has 4 heteroatoms. The maximum Gasteiger partial charge on any atom is 0.139 e. The molecule has 3 rings (SSSR count). The van der Waals surface area contributed by atoms with E-state index in [-0.39, 0.29) is 5.82 Å². The Labute approximate surface area is 118 Å². The van der Waals surface area contributed by atoms with Gasteiger partial charge in [0.25, 0.3) is 0 Å². The van der Waals surface area contributed by atoms with Crippen LogP contribution in [-0.4, -0.2) is 9.97 Å². The number of aryl methyl sites for hydroxylation is 2. The lowest BCUT2D eigenvalue weighted by molar-refractivity contribution is 0.627. The highest BCUT2D eigenvalue weighted by molar-refractivity contribution is 9.10. The molecule has 19 heavy (non-hydrogen) atoms. The number of rotatable bonds is 1. The Hall–Kier alpha value is -1.68. The number of benzene rings is 2. The van der Waals surface area contributed by atoms with Crippen molar-refractivity contribution in [3.05, 3.63) is 51.7 Å². The van der Waals surface area contributed by atoms with Gasteiger partial charge in [0.2, 0.25) is 0 Å². The molecule has 0 saturated heterocycles. The maximum absolute atomic E-state index is 13.1. The summed E-state index contributed by atoms with van der Waals surface area (Å²) in [5, 5.41) is 0. The first-order valence-corrected chi connectivity index (χ1v) is 6.76. The molecule has 96 valence electrons. The Kier molecular flexibility index (Phi) is 2.90. The lowest BCUT2D eigenvalue weighted by Crippen LogP contribution is -1.83. The summed E-state index contributed by atoms with van der Waals surface area (Å²) in [4.78, 5) is 7.84. The summed E-state index contributed by atoms with van der Waals surface area (Å²) in [6.45, 7) is 4.14. The quantitative estimate of drug-likeness (QED) is 0.689. The normalized spacial score (nSPS) is 11.2. The predicted octanol–water partition coefficient (Wildman–Crippen LogP) is 4.75. The molecule has 0 aliphatic heterocycles. The second-order valence-electron chi connectivity index (χ2n) is 4.66. The predicted molar refractivity (Wildman–Crippen MR) is 78.7 cm³/mol. The fourth-order valence-electron chi connectivity index (χ4n) is 2.08. The smallest absolute Gasteiger partial charge is 0.139 e. The third kappa shape index (κ3) is 2.16. The Bertz CT molecular complexity index is 738. The van der Waals surface area contributed by atoms with E-state index in [0.29, 0.717) is 4.47 Å². The monoisotopic (exact) mass is 318 g/mol. The fourth-order valence-corrected chi connectivity index (χ4v) is 2.62. The van der Waals surface area contributed by atoms with Gasteiger partial charge in [-0.15, -0.1) is 0 Å². The Morgan fingerprint density at radius 3 is 2.58 bits per heavy atom. The van der Waals surface area contributed by atoms with Crippen molar-refractivity contribution in [3.8, 4) is 11.4 Å². The van der Waals surface area contributed by atoms with E-state index in [2.05, 4.69) is 51.9 Å². The molecule has 2 aromatic carbocycles. The maximum atomic E-state index is 13.1. The molecule has 0 bridgehead atoms. The second kappa shape index (κ2) is 4.46. The Morgan fingerprint density at radius 2 is 1.84 bits per heavy atom. The molecule has 0 atom stereocenters. The van der Waals surface area contributed by atoms with Crippen LogP contribution in [0.3, 0.4) is 0 Å². The largest absolute Gasteiger partial charge is 0.338 e. The number of nitrogens with zero attached hydrogens (tertiary/aromatic N) is 1. The Balaban J connectivity index is 2.20. The lowest BCUT2D eigenvalue weighted by atomic mass is 10.1. The van der Waals surface area contributed by atoms with Crippen LogP contribution in [0.5, 0.6) is 0 Å². The number of hydrogen-bond acceptors (Lipinski definition) is 1. The van der Waals surface area contributed by atoms with Crippen LogP contribution in [0.4, 0.5) is 4.39 Å². The van der Waals surface area contributed by atoms with Crippen LogP contribution < -0.4 is 0 Å². The van der Waals surface area contributed by atoms with E-state index in [0.717, 1.165) is 22.4 Å². The van der Waals surface area contributed by atoms with Crippen LogP contribution in [0, 0.1) is 19.7 Å². The third-order valence-corrected chi connectivity index (χ3v) is 3.94. The Morgan fingerprint density at radius 1 is 1.11 bits per heavy atom. The first kappa shape index (κ1) is 12.4. The molecule has 1 heterocycles. The van der Waals surface area contributed by atoms with Crippen LogP contribution in [0.2, 0.25) is 0 Å². The van der Waals surface area contributed by atoms with Gasteiger partial charge >= 0.3 is 0 Å². The molecule has 1 N–H and O–H groups in total. The van der Waals surface area contributed by atoms with Crippen molar-refractivity contribution in [3.63, 3.8) is 0 Å². The van der Waals surface area contributed by atoms with E-state index in [1.807, 2.05) is 0 Å². The van der Waals surface area contributed by atoms with Crippen molar-refractivity contribution in [1.29, 1.82) is 0 Å². The van der Waals surface area contributed by atoms with Gasteiger partial charge in [0.1, 0.15) is 11.6 Å². The number of H-pyrrole nitrogens is 1. The highest BCUT2D eigenvalue weighted by Gasteiger charge is 2.10. The molecule has 0 aliphatic carbocycles. The molecular weight excluding hydrogens is 307 g/mol. The van der Waals surface area contributed by atoms with Gasteiger partial charge in [0, 0.05) is 10.0 Å². The van der Waals surface area contributed by atoms with Gasteiger partial charge in [-0.25, -0.2) is 9.37 Å². The molecule has 0 saturated carbocycles. The lowest BCUT2D eigenvalue weighted by Gasteiger charge is -2.00. The van der Waals surface area contributed by atoms with Crippen LogP contribution >= 0.6 is 15.9 Å². The van der Waals surface area contributed by atoms with Crippen LogP contribution in [0.1, 0.15) is 11.1 Å². The van der Waals surface area contributed by atoms with E-state index < -0.39 is 0 Å². The summed E-state index contributed by atoms with van der Waals surface area (Å²) in [5.74, 6) is 0.477. The van der Waals surface area contributed by atoms with E-state index in [1.165, 1.54) is 23.3 Å². The average molecular weight is 319 g/mol. The summed E-state index contributed by atoms with van der Waals surface area (Å²) >= 11 is 3.37. The van der Waals surface area contributed by atoms with Gasteiger partial charge in [-0.3, -0.25) is 0 Å². The number of aromatic amines is 1. The fraction of sp³-hybridized carbons (Fsp3) is 0.133. The van der Waals surface area contributed by atoms with Gasteiger partial charge in [0.05, 0.1) is 11.0 Å². The van der Waals surface area contributed by atoms with E-state index in [9.17, 15) is 4.39 Å². The first-order chi connectivity index (χ1) is 9.04. The average Bonchev–Trinajstić information content (AvgIpc) is 2.72. The molecule has 1 aromatic heterocycles. The van der Waals surface area contributed by atoms with Crippen molar-refractivity contribution in [2.45, 2.75) is 13.8 Å². The number of halogens is 2. The summed E-state index contributed by atoms with van der Waals surface area (Å²) in [6.07, 6.45) is 0. The van der Waals surface area contributed by atoms with Crippen LogP contribution in [0.15, 0.2) is 34.8 Å². The van der Waals surface area contributed by atoms with Gasteiger partial charge in [-0.05, 0) is 71.2 Å². The molecular formula is C15H12BrFN2. The van der Waals surface area contributed by atoms with Crippen molar-refractivity contribution in [1.82, 2.24) is 9.97 Å². The topological polar surface area (TPSA) is 28.7 Å². The van der Waals surface area contributed by atoms with Gasteiger partial charge in [0.15, 0.2) is 0 Å². The van der Waals surface area contributed by atoms with E-state index >= 15 is 0 Å². The zero-order valence-corrected chi connectivity index (χ0v) is 12.2. The minimum Gasteiger partial charge on any atom is -0.338 e. The number of hydrogen-bond donors (Lipinski definition) is 1. The highest BCUT2D eigenvalue weighted by Crippen LogP contribution is 2.29. The van der Waals surface area contributed by atoms with Gasteiger partial charge in [-0.2, -0.15) is 0 Å². The standard InChI is InChI=1S/C15H12BrFN2/c1-8-5-13-14(6-9(8)2)19-15(18-13)11-4-3-10(17)7-12(11)16/h3-7H,1-2H3,(H,18,19). The van der Waals surface area contributed by atoms with Gasteiger partial charge < -0.3 is 4.98 Å². The van der Waals surface area contributed by atoms with Crippen LogP contribution in [-0.2, 0) is 0 Å². The molecule has 0 unspecified atom stereocenters. The van der Waals surface area contributed by atoms with Crippen molar-refractivity contribution in [2.24, 2.45) is 0 Å². The molecule has 0 spiro atoms. The van der Waals surface area contributed by atoms with Gasteiger partial charge in [-0.1, -0.05) is 0 Å².